The molecule has 1 aromatic rings. The van der Waals surface area contributed by atoms with E-state index in [1.165, 1.54) is 4.90 Å². The number of hydrogen-bond donors (Lipinski definition) is 1. The third-order valence-electron chi connectivity index (χ3n) is 4.34. The second kappa shape index (κ2) is 8.11. The van der Waals surface area contributed by atoms with E-state index in [0.717, 1.165) is 0 Å². The summed E-state index contributed by atoms with van der Waals surface area (Å²) < 4.78 is 6.88. The highest BCUT2D eigenvalue weighted by Gasteiger charge is 2.46. The average molecular weight is 351 g/mol. The van der Waals surface area contributed by atoms with Crippen molar-refractivity contribution in [2.45, 2.75) is 12.5 Å². The molecule has 138 valence electrons. The number of rotatable bonds is 7. The highest BCUT2D eigenvalue weighted by molar-refractivity contribution is 5.92. The zero-order valence-electron chi connectivity index (χ0n) is 15.1. The average Bonchev–Trinajstić information content (AvgIpc) is 3.13. The first-order valence-corrected chi connectivity index (χ1v) is 8.10. The number of aromatic nitrogens is 2. The molecular formula is C16H25N5O4. The van der Waals surface area contributed by atoms with Gasteiger partial charge in [0.25, 0.3) is 0 Å². The van der Waals surface area contributed by atoms with Gasteiger partial charge in [0.1, 0.15) is 11.9 Å². The molecule has 3 amide bonds. The molecular weight excluding hydrogens is 326 g/mol. The van der Waals surface area contributed by atoms with Crippen molar-refractivity contribution in [1.82, 2.24) is 24.7 Å². The van der Waals surface area contributed by atoms with Gasteiger partial charge < -0.3 is 24.4 Å². The Hall–Kier alpha value is -2.42. The second-order valence-corrected chi connectivity index (χ2v) is 6.24. The zero-order valence-corrected chi connectivity index (χ0v) is 15.1. The lowest BCUT2D eigenvalue weighted by molar-refractivity contribution is -0.132. The first-order valence-electron chi connectivity index (χ1n) is 8.10. The number of likely N-dealkylation sites (N-methyl/N-ethyl adjacent to an activating group) is 1. The van der Waals surface area contributed by atoms with Gasteiger partial charge in [0.15, 0.2) is 0 Å². The molecule has 25 heavy (non-hydrogen) atoms. The number of nitrogens with one attached hydrogen (secondary N) is 1. The number of carbonyl (C=O) groups excluding carboxylic acids is 3. The van der Waals surface area contributed by atoms with E-state index in [9.17, 15) is 14.4 Å². The smallest absolute Gasteiger partial charge is 0.241 e. The largest absolute Gasteiger partial charge is 0.383 e. The van der Waals surface area contributed by atoms with Gasteiger partial charge >= 0.3 is 0 Å². The fraction of sp³-hybridized carbons (Fsp3) is 0.625. The Bertz CT molecular complexity index is 642. The van der Waals surface area contributed by atoms with Crippen LogP contribution in [0.4, 0.5) is 0 Å². The maximum Gasteiger partial charge on any atom is 0.241 e. The van der Waals surface area contributed by atoms with Gasteiger partial charge in [-0.2, -0.15) is 0 Å². The molecule has 0 aliphatic carbocycles. The summed E-state index contributed by atoms with van der Waals surface area (Å²) in [5, 5.41) is 2.64. The number of carbonyl (C=O) groups is 3. The normalized spacial score (nSPS) is 20.0. The van der Waals surface area contributed by atoms with Crippen LogP contribution in [0.25, 0.3) is 0 Å². The molecule has 1 aliphatic rings. The molecule has 2 rings (SSSR count). The topological polar surface area (TPSA) is 96.8 Å². The van der Waals surface area contributed by atoms with E-state index in [-0.39, 0.29) is 30.7 Å². The van der Waals surface area contributed by atoms with Gasteiger partial charge in [-0.3, -0.25) is 14.4 Å². The molecule has 0 radical (unpaired) electrons. The molecule has 0 aromatic carbocycles. The van der Waals surface area contributed by atoms with Crippen LogP contribution in [-0.4, -0.2) is 78.0 Å². The van der Waals surface area contributed by atoms with Crippen molar-refractivity contribution in [2.24, 2.45) is 13.0 Å². The van der Waals surface area contributed by atoms with Crippen LogP contribution in [-0.2, 0) is 26.2 Å². The fourth-order valence-electron chi connectivity index (χ4n) is 2.91. The van der Waals surface area contributed by atoms with Gasteiger partial charge in [0.05, 0.1) is 19.1 Å². The molecule has 1 N–H and O–H groups in total. The lowest BCUT2D eigenvalue weighted by Crippen LogP contribution is -2.41. The molecule has 1 aromatic heterocycles. The molecule has 2 atom stereocenters. The van der Waals surface area contributed by atoms with Crippen LogP contribution in [0.3, 0.4) is 0 Å². The maximum absolute atomic E-state index is 12.6. The molecule has 0 saturated carbocycles. The van der Waals surface area contributed by atoms with Gasteiger partial charge in [0, 0.05) is 53.6 Å². The Morgan fingerprint density at radius 1 is 1.44 bits per heavy atom. The molecule has 0 unspecified atom stereocenters. The van der Waals surface area contributed by atoms with Gasteiger partial charge in [-0.05, 0) is 0 Å². The third-order valence-corrected chi connectivity index (χ3v) is 4.34. The predicted molar refractivity (Wildman–Crippen MR) is 89.3 cm³/mol. The lowest BCUT2D eigenvalue weighted by atomic mass is 9.98. The summed E-state index contributed by atoms with van der Waals surface area (Å²) >= 11 is 0. The first kappa shape index (κ1) is 18.9. The number of imidazole rings is 1. The Labute approximate surface area is 146 Å². The van der Waals surface area contributed by atoms with E-state index in [0.29, 0.717) is 19.0 Å². The van der Waals surface area contributed by atoms with Gasteiger partial charge in [-0.25, -0.2) is 4.98 Å². The number of aryl methyl sites for hydroxylation is 1. The van der Waals surface area contributed by atoms with Crippen LogP contribution in [0.1, 0.15) is 18.3 Å². The summed E-state index contributed by atoms with van der Waals surface area (Å²) in [6.07, 6.45) is 3.50. The second-order valence-electron chi connectivity index (χ2n) is 6.24. The van der Waals surface area contributed by atoms with Crippen molar-refractivity contribution in [2.75, 3.05) is 40.9 Å². The van der Waals surface area contributed by atoms with Crippen LogP contribution in [0, 0.1) is 5.92 Å². The third kappa shape index (κ3) is 4.16. The van der Waals surface area contributed by atoms with E-state index in [2.05, 4.69) is 10.3 Å². The van der Waals surface area contributed by atoms with E-state index in [1.807, 2.05) is 7.05 Å². The number of ether oxygens (including phenoxy) is 1. The molecule has 0 bridgehead atoms. The van der Waals surface area contributed by atoms with E-state index >= 15 is 0 Å². The van der Waals surface area contributed by atoms with Crippen LogP contribution in [0.2, 0.25) is 0 Å². The maximum atomic E-state index is 12.6. The van der Waals surface area contributed by atoms with Crippen molar-refractivity contribution in [3.63, 3.8) is 0 Å². The Balaban J connectivity index is 2.20. The Kier molecular flexibility index (Phi) is 6.13. The summed E-state index contributed by atoms with van der Waals surface area (Å²) in [6, 6.07) is -0.475. The number of methoxy groups -OCH3 is 1. The van der Waals surface area contributed by atoms with E-state index in [4.69, 9.17) is 4.74 Å². The standard InChI is InChI=1S/C16H25N5O4/c1-19(2)13(23)10-18-16(24)11-9-12(22)21(7-8-25-4)14(11)15-17-5-6-20(15)3/h5-6,11,14H,7-10H2,1-4H3,(H,18,24)/t11-,14-/m0/s1. The highest BCUT2D eigenvalue weighted by atomic mass is 16.5. The van der Waals surface area contributed by atoms with Crippen molar-refractivity contribution in [1.29, 1.82) is 0 Å². The van der Waals surface area contributed by atoms with Gasteiger partial charge in [-0.15, -0.1) is 0 Å². The number of nitrogens with zero attached hydrogens (tertiary/aromatic N) is 4. The number of hydrogen-bond acceptors (Lipinski definition) is 5. The van der Waals surface area contributed by atoms with Crippen molar-refractivity contribution in [3.8, 4) is 0 Å². The monoisotopic (exact) mass is 351 g/mol. The number of amides is 3. The van der Waals surface area contributed by atoms with Crippen LogP contribution < -0.4 is 5.32 Å². The summed E-state index contributed by atoms with van der Waals surface area (Å²) in [5.41, 5.74) is 0. The number of likely N-dealkylation sites (tertiary alicyclic amines) is 1. The van der Waals surface area contributed by atoms with Crippen molar-refractivity contribution >= 4 is 17.7 Å². The zero-order chi connectivity index (χ0) is 18.6. The summed E-state index contributed by atoms with van der Waals surface area (Å²) in [4.78, 5) is 44.1. The molecule has 0 spiro atoms. The van der Waals surface area contributed by atoms with Crippen LogP contribution in [0.5, 0.6) is 0 Å². The predicted octanol–water partition coefficient (Wildman–Crippen LogP) is -0.839. The fourth-order valence-corrected chi connectivity index (χ4v) is 2.91. The van der Waals surface area contributed by atoms with E-state index < -0.39 is 12.0 Å². The van der Waals surface area contributed by atoms with Crippen molar-refractivity contribution < 1.29 is 19.1 Å². The van der Waals surface area contributed by atoms with Crippen LogP contribution >= 0.6 is 0 Å². The van der Waals surface area contributed by atoms with E-state index in [1.54, 1.807) is 43.1 Å². The Morgan fingerprint density at radius 2 is 2.16 bits per heavy atom. The molecule has 2 heterocycles. The quantitative estimate of drug-likeness (QED) is 0.691. The minimum atomic E-state index is -0.597. The van der Waals surface area contributed by atoms with Gasteiger partial charge in [0.2, 0.25) is 17.7 Å². The minimum Gasteiger partial charge on any atom is -0.383 e. The molecule has 1 fully saturated rings. The lowest BCUT2D eigenvalue weighted by Gasteiger charge is -2.27. The van der Waals surface area contributed by atoms with Crippen molar-refractivity contribution in [3.05, 3.63) is 18.2 Å². The summed E-state index contributed by atoms with van der Waals surface area (Å²) in [5.74, 6) is -0.607. The Morgan fingerprint density at radius 3 is 2.72 bits per heavy atom. The summed E-state index contributed by atoms with van der Waals surface area (Å²) in [6.45, 7) is 0.662. The summed E-state index contributed by atoms with van der Waals surface area (Å²) in [7, 11) is 6.63. The molecule has 9 nitrogen and oxygen atoms in total. The molecule has 1 saturated heterocycles. The first-order chi connectivity index (χ1) is 11.9. The van der Waals surface area contributed by atoms with Crippen LogP contribution in [0.15, 0.2) is 12.4 Å². The minimum absolute atomic E-state index is 0.0865. The van der Waals surface area contributed by atoms with Gasteiger partial charge in [-0.1, -0.05) is 0 Å². The highest BCUT2D eigenvalue weighted by Crippen LogP contribution is 2.37. The molecule has 1 aliphatic heterocycles. The molecule has 9 heteroatoms. The SMILES string of the molecule is COCCN1C(=O)C[C@H](C(=O)NCC(=O)N(C)C)[C@H]1c1nccn1C.